The molecule has 2 N–H and O–H groups in total. The van der Waals surface area contributed by atoms with Crippen LogP contribution in [0.3, 0.4) is 0 Å². The number of halogens is 5. The molecule has 1 aromatic heterocycles. The molecule has 0 aliphatic rings. The predicted octanol–water partition coefficient (Wildman–Crippen LogP) is 4.99. The van der Waals surface area contributed by atoms with E-state index in [1.807, 2.05) is 6.92 Å². The minimum absolute atomic E-state index is 0.0541. The second-order valence-electron chi connectivity index (χ2n) is 5.79. The number of hydrogen-bond acceptors (Lipinski definition) is 4. The molecule has 0 saturated carbocycles. The number of hydrogen-bond donors (Lipinski definition) is 1. The van der Waals surface area contributed by atoms with Crippen LogP contribution in [0.25, 0.3) is 5.70 Å². The number of allylic oxidation sites excluding steroid dienone is 2. The summed E-state index contributed by atoms with van der Waals surface area (Å²) in [5, 5.41) is 0. The number of alkyl halides is 3. The minimum Gasteiger partial charge on any atom is -0.406 e. The van der Waals surface area contributed by atoms with E-state index in [2.05, 4.69) is 9.72 Å². The zero-order valence-electron chi connectivity index (χ0n) is 15.1. The van der Waals surface area contributed by atoms with Gasteiger partial charge in [0.1, 0.15) is 17.4 Å². The van der Waals surface area contributed by atoms with Crippen molar-refractivity contribution in [1.82, 2.24) is 4.98 Å². The van der Waals surface area contributed by atoms with Crippen molar-refractivity contribution in [2.75, 3.05) is 11.9 Å². The Balaban J connectivity index is 2.58. The summed E-state index contributed by atoms with van der Waals surface area (Å²) >= 11 is 0. The second-order valence-corrected chi connectivity index (χ2v) is 5.79. The SMILES string of the molecule is CC/C=C(N)\C=C(\c1cc(F)cc(OC(F)(F)F)c1)N(C)c1cncc(F)c1. The quantitative estimate of drug-likeness (QED) is 0.549. The third kappa shape index (κ3) is 5.97. The molecule has 28 heavy (non-hydrogen) atoms. The number of nitrogens with two attached hydrogens (primary N) is 1. The van der Waals surface area contributed by atoms with Gasteiger partial charge in [0.15, 0.2) is 0 Å². The largest absolute Gasteiger partial charge is 0.573 e. The molecule has 0 amide bonds. The first-order valence-corrected chi connectivity index (χ1v) is 8.17. The molecule has 0 spiro atoms. The molecular formula is C19H18F5N3O. The monoisotopic (exact) mass is 399 g/mol. The summed E-state index contributed by atoms with van der Waals surface area (Å²) in [5.74, 6) is -2.27. The van der Waals surface area contributed by atoms with Crippen molar-refractivity contribution < 1.29 is 26.7 Å². The Morgan fingerprint density at radius 2 is 1.86 bits per heavy atom. The van der Waals surface area contributed by atoms with Crippen molar-refractivity contribution in [3.63, 3.8) is 0 Å². The van der Waals surface area contributed by atoms with Crippen molar-refractivity contribution in [3.8, 4) is 5.75 Å². The molecule has 1 heterocycles. The van der Waals surface area contributed by atoms with Crippen LogP contribution in [0, 0.1) is 11.6 Å². The number of anilines is 1. The lowest BCUT2D eigenvalue weighted by Gasteiger charge is -2.24. The summed E-state index contributed by atoms with van der Waals surface area (Å²) in [4.78, 5) is 5.17. The third-order valence-electron chi connectivity index (χ3n) is 3.58. The fourth-order valence-electron chi connectivity index (χ4n) is 2.45. The Hall–Kier alpha value is -3.10. The highest BCUT2D eigenvalue weighted by molar-refractivity contribution is 5.80. The molecule has 0 saturated heterocycles. The molecule has 9 heteroatoms. The summed E-state index contributed by atoms with van der Waals surface area (Å²) in [6, 6.07) is 3.83. The van der Waals surface area contributed by atoms with Gasteiger partial charge in [-0.15, -0.1) is 13.2 Å². The number of rotatable bonds is 6. The van der Waals surface area contributed by atoms with Gasteiger partial charge in [-0.05, 0) is 24.6 Å². The Morgan fingerprint density at radius 1 is 1.14 bits per heavy atom. The van der Waals surface area contributed by atoms with Crippen LogP contribution in [-0.2, 0) is 0 Å². The van der Waals surface area contributed by atoms with Crippen LogP contribution in [0.2, 0.25) is 0 Å². The standard InChI is InChI=1S/C19H18F5N3O/c1-3-4-15(25)9-18(27(2)16-7-14(21)10-26-11-16)12-5-13(20)8-17(6-12)28-19(22,23)24/h4-11H,3,25H2,1-2H3/b15-4+,18-9-. The van der Waals surface area contributed by atoms with Gasteiger partial charge in [-0.1, -0.05) is 13.0 Å². The van der Waals surface area contributed by atoms with E-state index in [0.29, 0.717) is 18.2 Å². The van der Waals surface area contributed by atoms with E-state index in [4.69, 9.17) is 5.73 Å². The smallest absolute Gasteiger partial charge is 0.406 e. The molecule has 0 aliphatic heterocycles. The number of pyridine rings is 1. The Labute approximate surface area is 158 Å². The van der Waals surface area contributed by atoms with Crippen molar-refractivity contribution in [2.45, 2.75) is 19.7 Å². The Kier molecular flexibility index (Phi) is 6.61. The first-order chi connectivity index (χ1) is 13.1. The summed E-state index contributed by atoms with van der Waals surface area (Å²) < 4.78 is 68.9. The van der Waals surface area contributed by atoms with Crippen LogP contribution < -0.4 is 15.4 Å². The maximum absolute atomic E-state index is 14.0. The summed E-state index contributed by atoms with van der Waals surface area (Å²) in [7, 11) is 1.52. The average Bonchev–Trinajstić information content (AvgIpc) is 2.57. The molecule has 0 unspecified atom stereocenters. The fraction of sp³-hybridized carbons (Fsp3) is 0.211. The van der Waals surface area contributed by atoms with Gasteiger partial charge in [0, 0.05) is 30.4 Å². The highest BCUT2D eigenvalue weighted by Gasteiger charge is 2.31. The fourth-order valence-corrected chi connectivity index (χ4v) is 2.45. The molecule has 2 aromatic rings. The normalized spacial score (nSPS) is 12.8. The number of nitrogens with zero attached hydrogens (tertiary/aromatic N) is 2. The maximum Gasteiger partial charge on any atom is 0.573 e. The first-order valence-electron chi connectivity index (χ1n) is 8.17. The maximum atomic E-state index is 14.0. The number of benzene rings is 1. The van der Waals surface area contributed by atoms with Crippen LogP contribution >= 0.6 is 0 Å². The lowest BCUT2D eigenvalue weighted by molar-refractivity contribution is -0.274. The van der Waals surface area contributed by atoms with Gasteiger partial charge < -0.3 is 15.4 Å². The summed E-state index contributed by atoms with van der Waals surface area (Å²) in [6.45, 7) is 1.85. The van der Waals surface area contributed by atoms with Gasteiger partial charge in [0.05, 0.1) is 23.8 Å². The molecule has 4 nitrogen and oxygen atoms in total. The van der Waals surface area contributed by atoms with E-state index in [-0.39, 0.29) is 16.9 Å². The van der Waals surface area contributed by atoms with Crippen molar-refractivity contribution in [1.29, 1.82) is 0 Å². The summed E-state index contributed by atoms with van der Waals surface area (Å²) in [5.41, 5.74) is 6.78. The Bertz CT molecular complexity index is 893. The second kappa shape index (κ2) is 8.73. The Morgan fingerprint density at radius 3 is 2.46 bits per heavy atom. The topological polar surface area (TPSA) is 51.4 Å². The molecule has 2 rings (SSSR count). The van der Waals surface area contributed by atoms with E-state index >= 15 is 0 Å². The summed E-state index contributed by atoms with van der Waals surface area (Å²) in [6.07, 6.45) is 1.10. The zero-order valence-corrected chi connectivity index (χ0v) is 15.1. The number of ether oxygens (including phenoxy) is 1. The highest BCUT2D eigenvalue weighted by Crippen LogP contribution is 2.31. The van der Waals surface area contributed by atoms with Crippen molar-refractivity contribution in [2.24, 2.45) is 5.73 Å². The van der Waals surface area contributed by atoms with E-state index < -0.39 is 23.7 Å². The van der Waals surface area contributed by atoms with E-state index in [0.717, 1.165) is 18.3 Å². The third-order valence-corrected chi connectivity index (χ3v) is 3.58. The molecule has 0 fully saturated rings. The zero-order chi connectivity index (χ0) is 20.9. The van der Waals surface area contributed by atoms with E-state index in [1.165, 1.54) is 30.3 Å². The molecular weight excluding hydrogens is 381 g/mol. The number of aromatic nitrogens is 1. The lowest BCUT2D eigenvalue weighted by Crippen LogP contribution is -2.19. The van der Waals surface area contributed by atoms with Gasteiger partial charge in [-0.2, -0.15) is 0 Å². The molecule has 1 aromatic carbocycles. The van der Waals surface area contributed by atoms with Crippen LogP contribution in [0.15, 0.2) is 54.5 Å². The minimum atomic E-state index is -4.98. The molecule has 0 aliphatic carbocycles. The van der Waals surface area contributed by atoms with E-state index in [1.54, 1.807) is 6.08 Å². The highest BCUT2D eigenvalue weighted by atomic mass is 19.4. The van der Waals surface area contributed by atoms with Crippen LogP contribution in [0.1, 0.15) is 18.9 Å². The molecule has 0 bridgehead atoms. The van der Waals surface area contributed by atoms with Gasteiger partial charge in [-0.25, -0.2) is 8.78 Å². The van der Waals surface area contributed by atoms with E-state index in [9.17, 15) is 22.0 Å². The molecule has 0 atom stereocenters. The first kappa shape index (κ1) is 21.2. The van der Waals surface area contributed by atoms with Crippen LogP contribution in [0.5, 0.6) is 5.75 Å². The van der Waals surface area contributed by atoms with Crippen LogP contribution in [0.4, 0.5) is 27.6 Å². The van der Waals surface area contributed by atoms with Gasteiger partial charge in [0.2, 0.25) is 0 Å². The van der Waals surface area contributed by atoms with Gasteiger partial charge in [-0.3, -0.25) is 4.98 Å². The lowest BCUT2D eigenvalue weighted by atomic mass is 10.1. The van der Waals surface area contributed by atoms with Crippen molar-refractivity contribution in [3.05, 3.63) is 71.7 Å². The molecule has 0 radical (unpaired) electrons. The average molecular weight is 399 g/mol. The van der Waals surface area contributed by atoms with Gasteiger partial charge in [0.25, 0.3) is 0 Å². The van der Waals surface area contributed by atoms with Crippen molar-refractivity contribution >= 4 is 11.4 Å². The molecule has 150 valence electrons. The van der Waals surface area contributed by atoms with Crippen LogP contribution in [-0.4, -0.2) is 18.4 Å². The van der Waals surface area contributed by atoms with Gasteiger partial charge >= 0.3 is 6.36 Å². The predicted molar refractivity (Wildman–Crippen MR) is 96.2 cm³/mol.